The average Bonchev–Trinajstić information content (AvgIpc) is 2.60. The molecule has 1 aromatic rings. The first kappa shape index (κ1) is 19.5. The summed E-state index contributed by atoms with van der Waals surface area (Å²) in [6, 6.07) is 12.2. The van der Waals surface area contributed by atoms with Crippen LogP contribution in [0.3, 0.4) is 0 Å². The fourth-order valence-electron chi connectivity index (χ4n) is 3.21. The largest absolute Gasteiger partial charge is 0.395 e. The lowest BCUT2D eigenvalue weighted by molar-refractivity contribution is 0.304. The lowest BCUT2D eigenvalue weighted by Gasteiger charge is -2.30. The van der Waals surface area contributed by atoms with Gasteiger partial charge in [-0.1, -0.05) is 44.2 Å². The number of aliphatic hydroxyl groups is 1. The number of hydrogen-bond donors (Lipinski definition) is 1. The topological polar surface area (TPSA) is 71.0 Å². The smallest absolute Gasteiger partial charge is 0.132 e. The van der Waals surface area contributed by atoms with E-state index < -0.39 is 0 Å². The van der Waals surface area contributed by atoms with Gasteiger partial charge in [-0.2, -0.15) is 10.5 Å². The van der Waals surface area contributed by atoms with Crippen molar-refractivity contribution in [1.29, 1.82) is 10.5 Å². The Balaban J connectivity index is 2.22. The summed E-state index contributed by atoms with van der Waals surface area (Å²) in [4.78, 5) is 2.00. The Bertz CT molecular complexity index is 798. The molecular formula is C22H25N3O. The van der Waals surface area contributed by atoms with Crippen molar-refractivity contribution in [1.82, 2.24) is 0 Å². The molecule has 4 heteroatoms. The third kappa shape index (κ3) is 5.09. The number of rotatable bonds is 5. The third-order valence-corrected chi connectivity index (χ3v) is 4.52. The van der Waals surface area contributed by atoms with Crippen molar-refractivity contribution < 1.29 is 5.11 Å². The van der Waals surface area contributed by atoms with Crippen molar-refractivity contribution in [2.75, 3.05) is 25.1 Å². The average molecular weight is 347 g/mol. The number of likely N-dealkylation sites (N-methyl/N-ethyl adjacent to an activating group) is 1. The van der Waals surface area contributed by atoms with Crippen molar-refractivity contribution in [3.8, 4) is 12.1 Å². The van der Waals surface area contributed by atoms with E-state index in [0.717, 1.165) is 35.2 Å². The Morgan fingerprint density at radius 2 is 1.81 bits per heavy atom. The summed E-state index contributed by atoms with van der Waals surface area (Å²) in [6.07, 6.45) is 7.76. The SMILES string of the molecule is CN(CCO)c1ccc(C=CC2=CC(=C(C#N)C#N)CC(C)(C)C2)cc1. The first-order chi connectivity index (χ1) is 12.4. The molecular weight excluding hydrogens is 322 g/mol. The number of nitrogens with zero attached hydrogens (tertiary/aromatic N) is 3. The van der Waals surface area contributed by atoms with E-state index in [2.05, 4.69) is 26.0 Å². The van der Waals surface area contributed by atoms with Crippen LogP contribution in [0, 0.1) is 28.1 Å². The van der Waals surface area contributed by atoms with Crippen LogP contribution in [0.1, 0.15) is 32.3 Å². The number of nitriles is 2. The summed E-state index contributed by atoms with van der Waals surface area (Å²) in [5, 5.41) is 27.3. The van der Waals surface area contributed by atoms with Gasteiger partial charge in [-0.3, -0.25) is 0 Å². The highest BCUT2D eigenvalue weighted by Crippen LogP contribution is 2.39. The van der Waals surface area contributed by atoms with Crippen LogP contribution in [0.25, 0.3) is 6.08 Å². The number of anilines is 1. The summed E-state index contributed by atoms with van der Waals surface area (Å²) in [5.74, 6) is 0. The fourth-order valence-corrected chi connectivity index (χ4v) is 3.21. The van der Waals surface area contributed by atoms with Crippen LogP contribution in [-0.4, -0.2) is 25.3 Å². The summed E-state index contributed by atoms with van der Waals surface area (Å²) < 4.78 is 0. The summed E-state index contributed by atoms with van der Waals surface area (Å²) >= 11 is 0. The van der Waals surface area contributed by atoms with Crippen molar-refractivity contribution in [2.24, 2.45) is 5.41 Å². The van der Waals surface area contributed by atoms with Gasteiger partial charge in [-0.15, -0.1) is 0 Å². The molecule has 0 bridgehead atoms. The van der Waals surface area contributed by atoms with Gasteiger partial charge in [0.1, 0.15) is 17.7 Å². The van der Waals surface area contributed by atoms with Crippen molar-refractivity contribution >= 4 is 11.8 Å². The Hall–Kier alpha value is -2.82. The second kappa shape index (κ2) is 8.52. The lowest BCUT2D eigenvalue weighted by Crippen LogP contribution is -2.20. The molecule has 0 saturated heterocycles. The van der Waals surface area contributed by atoms with E-state index >= 15 is 0 Å². The molecule has 0 heterocycles. The third-order valence-electron chi connectivity index (χ3n) is 4.52. The first-order valence-corrected chi connectivity index (χ1v) is 8.72. The van der Waals surface area contributed by atoms with Gasteiger partial charge in [-0.05, 0) is 47.1 Å². The molecule has 134 valence electrons. The summed E-state index contributed by atoms with van der Waals surface area (Å²) in [5.41, 5.74) is 4.33. The predicted octanol–water partition coefficient (Wildman–Crippen LogP) is 4.22. The number of hydrogen-bond acceptors (Lipinski definition) is 4. The molecule has 0 saturated carbocycles. The molecule has 1 aliphatic carbocycles. The first-order valence-electron chi connectivity index (χ1n) is 8.72. The molecule has 0 amide bonds. The second-order valence-electron chi connectivity index (χ2n) is 7.43. The molecule has 0 aliphatic heterocycles. The highest BCUT2D eigenvalue weighted by atomic mass is 16.3. The Morgan fingerprint density at radius 3 is 2.38 bits per heavy atom. The fraction of sp³-hybridized carbons (Fsp3) is 0.364. The van der Waals surface area contributed by atoms with Gasteiger partial charge in [0.25, 0.3) is 0 Å². The van der Waals surface area contributed by atoms with Crippen molar-refractivity contribution in [2.45, 2.75) is 26.7 Å². The van der Waals surface area contributed by atoms with Gasteiger partial charge in [0.05, 0.1) is 6.61 Å². The van der Waals surface area contributed by atoms with Crippen LogP contribution in [0.15, 0.2) is 53.1 Å². The Labute approximate surface area is 156 Å². The van der Waals surface area contributed by atoms with Gasteiger partial charge in [0, 0.05) is 19.3 Å². The molecule has 0 aromatic heterocycles. The van der Waals surface area contributed by atoms with Crippen molar-refractivity contribution in [3.63, 3.8) is 0 Å². The molecule has 2 rings (SSSR count). The molecule has 4 nitrogen and oxygen atoms in total. The molecule has 0 spiro atoms. The monoisotopic (exact) mass is 347 g/mol. The van der Waals surface area contributed by atoms with Crippen LogP contribution in [0.4, 0.5) is 5.69 Å². The maximum atomic E-state index is 9.15. The zero-order valence-corrected chi connectivity index (χ0v) is 15.7. The molecule has 0 atom stereocenters. The number of allylic oxidation sites excluding steroid dienone is 5. The molecule has 0 radical (unpaired) electrons. The minimum Gasteiger partial charge on any atom is -0.395 e. The van der Waals surface area contributed by atoms with E-state index in [1.807, 2.05) is 54.4 Å². The minimum absolute atomic E-state index is 0.0274. The van der Waals surface area contributed by atoms with Crippen LogP contribution in [-0.2, 0) is 0 Å². The van der Waals surface area contributed by atoms with Gasteiger partial charge in [0.2, 0.25) is 0 Å². The van der Waals surface area contributed by atoms with Gasteiger partial charge >= 0.3 is 0 Å². The van der Waals surface area contributed by atoms with E-state index in [9.17, 15) is 0 Å². The molecule has 0 fully saturated rings. The second-order valence-corrected chi connectivity index (χ2v) is 7.43. The summed E-state index contributed by atoms with van der Waals surface area (Å²) in [7, 11) is 1.95. The van der Waals surface area contributed by atoms with E-state index in [0.29, 0.717) is 6.54 Å². The molecule has 0 unspecified atom stereocenters. The van der Waals surface area contributed by atoms with Crippen LogP contribution >= 0.6 is 0 Å². The van der Waals surface area contributed by atoms with E-state index in [-0.39, 0.29) is 17.6 Å². The van der Waals surface area contributed by atoms with Crippen molar-refractivity contribution in [3.05, 3.63) is 58.7 Å². The Kier molecular flexibility index (Phi) is 6.39. The minimum atomic E-state index is 0.0274. The van der Waals surface area contributed by atoms with Gasteiger partial charge in [0.15, 0.2) is 0 Å². The van der Waals surface area contributed by atoms with E-state index in [4.69, 9.17) is 15.6 Å². The highest BCUT2D eigenvalue weighted by molar-refractivity contribution is 5.59. The maximum Gasteiger partial charge on any atom is 0.132 e. The zero-order chi connectivity index (χ0) is 19.2. The van der Waals surface area contributed by atoms with E-state index in [1.54, 1.807) is 0 Å². The zero-order valence-electron chi connectivity index (χ0n) is 15.7. The molecule has 1 N–H and O–H groups in total. The van der Waals surface area contributed by atoms with E-state index in [1.165, 1.54) is 0 Å². The van der Waals surface area contributed by atoms with Crippen LogP contribution in [0.2, 0.25) is 0 Å². The van der Waals surface area contributed by atoms with Crippen LogP contribution < -0.4 is 4.90 Å². The van der Waals surface area contributed by atoms with Gasteiger partial charge in [-0.25, -0.2) is 0 Å². The van der Waals surface area contributed by atoms with Gasteiger partial charge < -0.3 is 10.0 Å². The number of aliphatic hydroxyl groups excluding tert-OH is 1. The predicted molar refractivity (Wildman–Crippen MR) is 105 cm³/mol. The standard InChI is InChI=1S/C22H25N3O/c1-22(2)13-18(12-19(14-22)20(15-23)16-24)5-4-17-6-8-21(9-7-17)25(3)10-11-26/h4-9,12,26H,10-11,13-14H2,1-3H3. The molecule has 1 aliphatic rings. The Morgan fingerprint density at radius 1 is 1.15 bits per heavy atom. The maximum absolute atomic E-state index is 9.15. The molecule has 26 heavy (non-hydrogen) atoms. The van der Waals surface area contributed by atoms with Crippen LogP contribution in [0.5, 0.6) is 0 Å². The summed E-state index contributed by atoms with van der Waals surface area (Å²) in [6.45, 7) is 5.05. The lowest BCUT2D eigenvalue weighted by atomic mass is 9.74. The number of benzene rings is 1. The quantitative estimate of drug-likeness (QED) is 0.810. The molecule has 1 aromatic carbocycles. The highest BCUT2D eigenvalue weighted by Gasteiger charge is 2.26. The normalized spacial score (nSPS) is 15.9.